The molecule has 4 rings (SSSR count). The molecule has 1 amide bonds. The number of carbonyl (C=O) groups is 1. The van der Waals surface area contributed by atoms with Crippen molar-refractivity contribution >= 4 is 11.7 Å². The first-order chi connectivity index (χ1) is 15.4. The van der Waals surface area contributed by atoms with E-state index in [0.29, 0.717) is 0 Å². The molecule has 6 heteroatoms. The molecule has 3 heterocycles. The smallest absolute Gasteiger partial charge is 0.223 e. The molecule has 0 radical (unpaired) electrons. The lowest BCUT2D eigenvalue weighted by atomic mass is 9.95. The summed E-state index contributed by atoms with van der Waals surface area (Å²) in [6, 6.07) is 14.9. The van der Waals surface area contributed by atoms with Crippen molar-refractivity contribution in [1.82, 2.24) is 19.7 Å². The summed E-state index contributed by atoms with van der Waals surface area (Å²) in [6.45, 7) is 12.2. The fourth-order valence-electron chi connectivity index (χ4n) is 4.64. The Balaban J connectivity index is 1.70. The van der Waals surface area contributed by atoms with Gasteiger partial charge in [-0.3, -0.25) is 4.79 Å². The molecule has 0 spiro atoms. The highest BCUT2D eigenvalue weighted by Crippen LogP contribution is 2.35. The Morgan fingerprint density at radius 1 is 1.06 bits per heavy atom. The summed E-state index contributed by atoms with van der Waals surface area (Å²) in [5.74, 6) is 1.38. The SMILES string of the molecule is CC[C@H](C)NC(=O)C1CCN(c2c(-n3c(C)ccc3C)c(C)nn2-c2ccccc2)CC1. The summed E-state index contributed by atoms with van der Waals surface area (Å²) in [6.07, 6.45) is 2.66. The summed E-state index contributed by atoms with van der Waals surface area (Å²) < 4.78 is 4.38. The molecule has 1 aromatic carbocycles. The van der Waals surface area contributed by atoms with Crippen molar-refractivity contribution < 1.29 is 4.79 Å². The van der Waals surface area contributed by atoms with Gasteiger partial charge in [0.1, 0.15) is 5.69 Å². The molecule has 1 N–H and O–H groups in total. The minimum absolute atomic E-state index is 0.0768. The molecule has 1 fully saturated rings. The fraction of sp³-hybridized carbons (Fsp3) is 0.462. The molecule has 6 nitrogen and oxygen atoms in total. The quantitative estimate of drug-likeness (QED) is 0.612. The Kier molecular flexibility index (Phi) is 6.40. The van der Waals surface area contributed by atoms with Crippen LogP contribution in [0.5, 0.6) is 0 Å². The maximum atomic E-state index is 12.7. The average molecular weight is 434 g/mol. The molecular weight excluding hydrogens is 398 g/mol. The van der Waals surface area contributed by atoms with Crippen molar-refractivity contribution in [2.24, 2.45) is 5.92 Å². The summed E-state index contributed by atoms with van der Waals surface area (Å²) >= 11 is 0. The maximum Gasteiger partial charge on any atom is 0.223 e. The molecule has 32 heavy (non-hydrogen) atoms. The summed E-state index contributed by atoms with van der Waals surface area (Å²) in [5.41, 5.74) is 5.58. The van der Waals surface area contributed by atoms with Crippen LogP contribution in [-0.2, 0) is 4.79 Å². The lowest BCUT2D eigenvalue weighted by Gasteiger charge is -2.34. The Hall–Kier alpha value is -3.02. The van der Waals surface area contributed by atoms with Crippen LogP contribution in [0.15, 0.2) is 42.5 Å². The van der Waals surface area contributed by atoms with E-state index in [1.807, 2.05) is 18.2 Å². The number of nitrogens with zero attached hydrogens (tertiary/aromatic N) is 4. The van der Waals surface area contributed by atoms with E-state index in [9.17, 15) is 4.79 Å². The largest absolute Gasteiger partial charge is 0.355 e. The number of nitrogens with one attached hydrogen (secondary N) is 1. The van der Waals surface area contributed by atoms with Crippen LogP contribution in [0.3, 0.4) is 0 Å². The predicted octanol–water partition coefficient (Wildman–Crippen LogP) is 4.72. The van der Waals surface area contributed by atoms with E-state index in [1.54, 1.807) is 0 Å². The average Bonchev–Trinajstić information content (AvgIpc) is 3.32. The number of aromatic nitrogens is 3. The Bertz CT molecular complexity index is 1050. The van der Waals surface area contributed by atoms with E-state index < -0.39 is 0 Å². The van der Waals surface area contributed by atoms with Crippen molar-refractivity contribution in [2.75, 3.05) is 18.0 Å². The summed E-state index contributed by atoms with van der Waals surface area (Å²) in [7, 11) is 0. The van der Waals surface area contributed by atoms with Crippen molar-refractivity contribution in [3.05, 3.63) is 59.5 Å². The number of aryl methyl sites for hydroxylation is 3. The lowest BCUT2D eigenvalue weighted by molar-refractivity contribution is -0.126. The molecule has 0 aliphatic carbocycles. The van der Waals surface area contributed by atoms with E-state index >= 15 is 0 Å². The lowest BCUT2D eigenvalue weighted by Crippen LogP contribution is -2.43. The zero-order valence-corrected chi connectivity index (χ0v) is 19.9. The predicted molar refractivity (Wildman–Crippen MR) is 130 cm³/mol. The third-order valence-electron chi connectivity index (χ3n) is 6.67. The molecule has 170 valence electrons. The second-order valence-electron chi connectivity index (χ2n) is 9.04. The molecule has 0 bridgehead atoms. The maximum absolute atomic E-state index is 12.7. The van der Waals surface area contributed by atoms with Crippen LogP contribution >= 0.6 is 0 Å². The molecule has 1 atom stereocenters. The van der Waals surface area contributed by atoms with E-state index in [-0.39, 0.29) is 17.9 Å². The highest BCUT2D eigenvalue weighted by Gasteiger charge is 2.30. The van der Waals surface area contributed by atoms with Gasteiger partial charge in [-0.05, 0) is 71.2 Å². The zero-order valence-electron chi connectivity index (χ0n) is 19.9. The van der Waals surface area contributed by atoms with Crippen LogP contribution in [0.2, 0.25) is 0 Å². The monoisotopic (exact) mass is 433 g/mol. The van der Waals surface area contributed by atoms with Gasteiger partial charge in [0.25, 0.3) is 0 Å². The number of benzene rings is 1. The van der Waals surface area contributed by atoms with Gasteiger partial charge in [-0.15, -0.1) is 0 Å². The van der Waals surface area contributed by atoms with Gasteiger partial charge in [0, 0.05) is 36.4 Å². The molecule has 1 aliphatic rings. The molecule has 0 saturated carbocycles. The van der Waals surface area contributed by atoms with Gasteiger partial charge in [-0.2, -0.15) is 5.10 Å². The number of anilines is 1. The number of hydrogen-bond donors (Lipinski definition) is 1. The molecule has 0 unspecified atom stereocenters. The highest BCUT2D eigenvalue weighted by atomic mass is 16.1. The van der Waals surface area contributed by atoms with Gasteiger partial charge in [0.05, 0.1) is 11.4 Å². The number of para-hydroxylation sites is 1. The first kappa shape index (κ1) is 22.2. The molecule has 3 aromatic rings. The standard InChI is InChI=1S/C26H35N5O/c1-6-18(2)27-25(32)22-14-16-29(17-15-22)26-24(30-19(3)12-13-20(30)4)21(5)28-31(26)23-10-8-7-9-11-23/h7-13,18,22H,6,14-17H2,1-5H3,(H,27,32)/t18-/m0/s1. The summed E-state index contributed by atoms with van der Waals surface area (Å²) in [5, 5.41) is 8.14. The van der Waals surface area contributed by atoms with Crippen LogP contribution in [0.4, 0.5) is 5.82 Å². The van der Waals surface area contributed by atoms with Crippen LogP contribution in [0.25, 0.3) is 11.4 Å². The first-order valence-electron chi connectivity index (χ1n) is 11.8. The molecule has 1 saturated heterocycles. The fourth-order valence-corrected chi connectivity index (χ4v) is 4.64. The van der Waals surface area contributed by atoms with Gasteiger partial charge in [-0.1, -0.05) is 25.1 Å². The van der Waals surface area contributed by atoms with Crippen LogP contribution < -0.4 is 10.2 Å². The number of hydrogen-bond acceptors (Lipinski definition) is 3. The van der Waals surface area contributed by atoms with E-state index in [4.69, 9.17) is 5.10 Å². The number of amides is 1. The number of carbonyl (C=O) groups excluding carboxylic acids is 1. The second-order valence-corrected chi connectivity index (χ2v) is 9.04. The first-order valence-corrected chi connectivity index (χ1v) is 11.8. The number of rotatable bonds is 6. The van der Waals surface area contributed by atoms with E-state index in [2.05, 4.69) is 78.3 Å². The van der Waals surface area contributed by atoms with Gasteiger partial charge in [0.2, 0.25) is 5.91 Å². The van der Waals surface area contributed by atoms with Crippen molar-refractivity contribution in [2.45, 2.75) is 59.9 Å². The third kappa shape index (κ3) is 4.18. The molecule has 1 aliphatic heterocycles. The van der Waals surface area contributed by atoms with Crippen molar-refractivity contribution in [1.29, 1.82) is 0 Å². The van der Waals surface area contributed by atoms with Gasteiger partial charge >= 0.3 is 0 Å². The van der Waals surface area contributed by atoms with Gasteiger partial charge in [-0.25, -0.2) is 4.68 Å². The topological polar surface area (TPSA) is 55.1 Å². The molecule has 2 aromatic heterocycles. The number of piperidine rings is 1. The Morgan fingerprint density at radius 2 is 1.69 bits per heavy atom. The van der Waals surface area contributed by atoms with Crippen LogP contribution in [0, 0.1) is 26.7 Å². The van der Waals surface area contributed by atoms with Gasteiger partial charge in [0.15, 0.2) is 5.82 Å². The Morgan fingerprint density at radius 3 is 2.28 bits per heavy atom. The van der Waals surface area contributed by atoms with E-state index in [0.717, 1.165) is 55.2 Å². The van der Waals surface area contributed by atoms with Crippen molar-refractivity contribution in [3.8, 4) is 11.4 Å². The zero-order chi connectivity index (χ0) is 22.8. The van der Waals surface area contributed by atoms with Gasteiger partial charge < -0.3 is 14.8 Å². The Labute approximate surface area is 191 Å². The third-order valence-corrected chi connectivity index (χ3v) is 6.67. The minimum atomic E-state index is 0.0768. The highest BCUT2D eigenvalue weighted by molar-refractivity contribution is 5.79. The molecular formula is C26H35N5O. The van der Waals surface area contributed by atoms with Crippen LogP contribution in [-0.4, -0.2) is 39.4 Å². The van der Waals surface area contributed by atoms with Crippen molar-refractivity contribution in [3.63, 3.8) is 0 Å². The normalized spacial score (nSPS) is 15.7. The van der Waals surface area contributed by atoms with Crippen LogP contribution in [0.1, 0.15) is 50.2 Å². The second kappa shape index (κ2) is 9.23. The van der Waals surface area contributed by atoms with E-state index in [1.165, 1.54) is 11.4 Å². The summed E-state index contributed by atoms with van der Waals surface area (Å²) in [4.78, 5) is 15.1. The minimum Gasteiger partial charge on any atom is -0.355 e.